The molecule has 214 valence electrons. The third-order valence-corrected chi connectivity index (χ3v) is 8.82. The maximum atomic E-state index is 15.0. The van der Waals surface area contributed by atoms with Gasteiger partial charge in [0.2, 0.25) is 0 Å². The van der Waals surface area contributed by atoms with Gasteiger partial charge in [-0.05, 0) is 62.7 Å². The number of rotatable bonds is 6. The minimum absolute atomic E-state index is 0.0232. The normalized spacial score (nSPS) is 25.9. The van der Waals surface area contributed by atoms with Crippen molar-refractivity contribution in [2.24, 2.45) is 0 Å². The van der Waals surface area contributed by atoms with Crippen LogP contribution in [0.15, 0.2) is 39.5 Å². The molecular weight excluding hydrogens is 534 g/mol. The second kappa shape index (κ2) is 9.63. The highest BCUT2D eigenvalue weighted by Crippen LogP contribution is 2.41. The zero-order valence-corrected chi connectivity index (χ0v) is 22.5. The fourth-order valence-corrected chi connectivity index (χ4v) is 6.75. The molecule has 4 aromatic rings. The Morgan fingerprint density at radius 3 is 2.88 bits per heavy atom. The van der Waals surface area contributed by atoms with Gasteiger partial charge in [-0.15, -0.1) is 0 Å². The number of nitrogens with zero attached hydrogens (tertiary/aromatic N) is 3. The van der Waals surface area contributed by atoms with Crippen molar-refractivity contribution in [3.63, 3.8) is 0 Å². The monoisotopic (exact) mass is 564 g/mol. The zero-order chi connectivity index (χ0) is 28.5. The first-order chi connectivity index (χ1) is 19.7. The number of alkyl halides is 1. The molecule has 0 radical (unpaired) electrons. The molecule has 3 N–H and O–H groups in total. The molecule has 0 spiro atoms. The van der Waals surface area contributed by atoms with Crippen LogP contribution in [-0.4, -0.2) is 68.6 Å². The van der Waals surface area contributed by atoms with Crippen molar-refractivity contribution in [1.82, 2.24) is 14.9 Å². The van der Waals surface area contributed by atoms with E-state index in [2.05, 4.69) is 20.2 Å². The largest absolute Gasteiger partial charge is 0.508 e. The van der Waals surface area contributed by atoms with Crippen molar-refractivity contribution >= 4 is 27.5 Å². The van der Waals surface area contributed by atoms with Gasteiger partial charge >= 0.3 is 11.6 Å². The van der Waals surface area contributed by atoms with Crippen LogP contribution in [0.2, 0.25) is 0 Å². The molecule has 4 heterocycles. The van der Waals surface area contributed by atoms with Crippen molar-refractivity contribution in [3.05, 3.63) is 52.1 Å². The molecular formula is C30H30F2N4O5. The third kappa shape index (κ3) is 4.38. The molecule has 1 saturated carbocycles. The number of phenolic OH excluding ortho intramolecular Hbond substituents is 1. The highest BCUT2D eigenvalue weighted by atomic mass is 19.1. The maximum absolute atomic E-state index is 15.0. The molecule has 9 nitrogen and oxygen atoms in total. The first-order valence-electron chi connectivity index (χ1n) is 13.9. The SMILES string of the molecule is Cc1c(-c2cc(O)cc3cccc(F)c23)oc(=O)c2c(NC3CC(O)C3)nc(OC[C@@]34CCCN3C[C@H](F)C4)nc12. The molecule has 2 saturated heterocycles. The molecule has 3 aliphatic rings. The second-order valence-corrected chi connectivity index (χ2v) is 11.6. The predicted molar refractivity (Wildman–Crippen MR) is 149 cm³/mol. The van der Waals surface area contributed by atoms with Gasteiger partial charge in [0.15, 0.2) is 0 Å². The first-order valence-corrected chi connectivity index (χ1v) is 13.9. The van der Waals surface area contributed by atoms with Gasteiger partial charge in [0.25, 0.3) is 0 Å². The van der Waals surface area contributed by atoms with Crippen LogP contribution in [0.25, 0.3) is 33.0 Å². The number of fused-ring (bicyclic) bond motifs is 3. The van der Waals surface area contributed by atoms with Crippen LogP contribution in [-0.2, 0) is 0 Å². The minimum Gasteiger partial charge on any atom is -0.508 e. The Morgan fingerprint density at radius 1 is 1.24 bits per heavy atom. The molecule has 2 aromatic carbocycles. The molecule has 0 unspecified atom stereocenters. The Labute approximate surface area is 233 Å². The number of ether oxygens (including phenoxy) is 1. The fourth-order valence-electron chi connectivity index (χ4n) is 6.75. The van der Waals surface area contributed by atoms with E-state index < -0.39 is 29.3 Å². The van der Waals surface area contributed by atoms with Crippen molar-refractivity contribution in [3.8, 4) is 23.1 Å². The van der Waals surface area contributed by atoms with E-state index in [9.17, 15) is 19.4 Å². The van der Waals surface area contributed by atoms with E-state index in [1.165, 1.54) is 24.3 Å². The molecule has 7 rings (SSSR count). The molecule has 0 amide bonds. The quantitative estimate of drug-likeness (QED) is 0.312. The molecule has 11 heteroatoms. The number of phenols is 1. The minimum atomic E-state index is -0.911. The van der Waals surface area contributed by atoms with Crippen molar-refractivity contribution < 1.29 is 28.1 Å². The number of hydrogen-bond acceptors (Lipinski definition) is 9. The number of aromatic nitrogens is 2. The number of anilines is 1. The lowest BCUT2D eigenvalue weighted by molar-refractivity contribution is 0.0834. The summed E-state index contributed by atoms with van der Waals surface area (Å²) in [6.07, 6.45) is 1.81. The van der Waals surface area contributed by atoms with Crippen LogP contribution in [0.5, 0.6) is 11.8 Å². The Hall–Kier alpha value is -3.83. The number of aliphatic hydroxyl groups is 1. The first kappa shape index (κ1) is 26.1. The van der Waals surface area contributed by atoms with Crippen molar-refractivity contribution in [2.45, 2.75) is 62.9 Å². The number of aliphatic hydroxyl groups excluding tert-OH is 1. The number of aryl methyl sites for hydroxylation is 1. The number of aromatic hydroxyl groups is 1. The summed E-state index contributed by atoms with van der Waals surface area (Å²) in [6, 6.07) is 7.22. The Bertz CT molecular complexity index is 1740. The molecule has 3 fully saturated rings. The van der Waals surface area contributed by atoms with Crippen LogP contribution < -0.4 is 15.7 Å². The summed E-state index contributed by atoms with van der Waals surface area (Å²) < 4.78 is 41.3. The molecule has 41 heavy (non-hydrogen) atoms. The van der Waals surface area contributed by atoms with E-state index in [4.69, 9.17) is 9.15 Å². The number of benzene rings is 2. The van der Waals surface area contributed by atoms with Crippen molar-refractivity contribution in [1.29, 1.82) is 0 Å². The fraction of sp³-hybridized carbons (Fsp3) is 0.433. The van der Waals surface area contributed by atoms with E-state index >= 15 is 4.39 Å². The molecule has 2 aliphatic heterocycles. The number of nitrogens with one attached hydrogen (secondary N) is 1. The summed E-state index contributed by atoms with van der Waals surface area (Å²) in [5.41, 5.74) is -0.250. The van der Waals surface area contributed by atoms with Crippen LogP contribution >= 0.6 is 0 Å². The summed E-state index contributed by atoms with van der Waals surface area (Å²) in [7, 11) is 0. The highest BCUT2D eigenvalue weighted by Gasteiger charge is 2.49. The molecule has 2 atom stereocenters. The van der Waals surface area contributed by atoms with Crippen LogP contribution in [0.4, 0.5) is 14.6 Å². The zero-order valence-electron chi connectivity index (χ0n) is 22.5. The summed E-state index contributed by atoms with van der Waals surface area (Å²) in [6.45, 7) is 3.11. The van der Waals surface area contributed by atoms with Gasteiger partial charge < -0.3 is 24.7 Å². The Kier molecular flexibility index (Phi) is 6.13. The molecule has 1 aliphatic carbocycles. The second-order valence-electron chi connectivity index (χ2n) is 11.6. The lowest BCUT2D eigenvalue weighted by Crippen LogP contribution is -2.43. The molecule has 0 bridgehead atoms. The maximum Gasteiger partial charge on any atom is 0.349 e. The van der Waals surface area contributed by atoms with Gasteiger partial charge in [-0.2, -0.15) is 9.97 Å². The van der Waals surface area contributed by atoms with Crippen LogP contribution in [0.3, 0.4) is 0 Å². The van der Waals surface area contributed by atoms with Gasteiger partial charge in [0, 0.05) is 35.5 Å². The summed E-state index contributed by atoms with van der Waals surface area (Å²) in [5, 5.41) is 24.2. The smallest absolute Gasteiger partial charge is 0.349 e. The van der Waals surface area contributed by atoms with Gasteiger partial charge in [0.05, 0.1) is 17.2 Å². The van der Waals surface area contributed by atoms with E-state index in [0.717, 1.165) is 19.4 Å². The number of hydrogen-bond donors (Lipinski definition) is 3. The summed E-state index contributed by atoms with van der Waals surface area (Å²) >= 11 is 0. The topological polar surface area (TPSA) is 121 Å². The average Bonchev–Trinajstić information content (AvgIpc) is 3.43. The van der Waals surface area contributed by atoms with Crippen LogP contribution in [0.1, 0.15) is 37.7 Å². The summed E-state index contributed by atoms with van der Waals surface area (Å²) in [4.78, 5) is 24.8. The predicted octanol–water partition coefficient (Wildman–Crippen LogP) is 4.45. The molecule has 2 aromatic heterocycles. The van der Waals surface area contributed by atoms with E-state index in [-0.39, 0.29) is 57.8 Å². The van der Waals surface area contributed by atoms with Gasteiger partial charge in [-0.1, -0.05) is 12.1 Å². The average molecular weight is 565 g/mol. The third-order valence-electron chi connectivity index (χ3n) is 8.82. The van der Waals surface area contributed by atoms with E-state index in [1.807, 2.05) is 0 Å². The van der Waals surface area contributed by atoms with Gasteiger partial charge in [-0.3, -0.25) is 4.90 Å². The van der Waals surface area contributed by atoms with Crippen molar-refractivity contribution in [2.75, 3.05) is 25.0 Å². The van der Waals surface area contributed by atoms with E-state index in [1.54, 1.807) is 13.0 Å². The van der Waals surface area contributed by atoms with Crippen LogP contribution in [0, 0.1) is 12.7 Å². The van der Waals surface area contributed by atoms with E-state index in [0.29, 0.717) is 36.8 Å². The number of halogens is 2. The standard InChI is InChI=1S/C30H30F2N4O5/c1-15-25-24(28(39)41-26(15)21-11-19(37)8-16-4-2-5-22(32)23(16)21)27(33-18-9-20(38)10-18)35-29(34-25)40-14-30-6-3-7-36(30)13-17(31)12-30/h2,4-5,8,11,17-18,20,37-38H,3,6-7,9-10,12-14H2,1H3,(H,33,34,35)/t17-,18?,20?,30+/m1/s1. The Morgan fingerprint density at radius 2 is 2.07 bits per heavy atom. The van der Waals surface area contributed by atoms with Gasteiger partial charge in [-0.25, -0.2) is 13.6 Å². The summed E-state index contributed by atoms with van der Waals surface area (Å²) in [5.74, 6) is -0.353. The Balaban J connectivity index is 1.36. The lowest BCUT2D eigenvalue weighted by atomic mass is 9.89. The lowest BCUT2D eigenvalue weighted by Gasteiger charge is -2.33. The van der Waals surface area contributed by atoms with Gasteiger partial charge in [0.1, 0.15) is 41.3 Å². The highest BCUT2D eigenvalue weighted by molar-refractivity contribution is 6.00.